The van der Waals surface area contributed by atoms with Gasteiger partial charge in [-0.25, -0.2) is 5.84 Å². The van der Waals surface area contributed by atoms with Crippen LogP contribution in [0, 0.1) is 5.41 Å². The summed E-state index contributed by atoms with van der Waals surface area (Å²) in [5.41, 5.74) is 0.447. The van der Waals surface area contributed by atoms with Gasteiger partial charge in [-0.05, 0) is 81.3 Å². The molecule has 1 spiro atoms. The maximum absolute atomic E-state index is 15.0. The second-order valence-electron chi connectivity index (χ2n) is 16.6. The smallest absolute Gasteiger partial charge is 0.322 e. The van der Waals surface area contributed by atoms with Crippen LogP contribution in [0.15, 0.2) is 48.6 Å². The molecule has 1 saturated heterocycles. The van der Waals surface area contributed by atoms with E-state index in [2.05, 4.69) is 32.8 Å². The molecule has 3 aromatic rings. The van der Waals surface area contributed by atoms with Gasteiger partial charge >= 0.3 is 5.97 Å². The van der Waals surface area contributed by atoms with Crippen LogP contribution >= 0.6 is 0 Å². The normalized spacial score (nSPS) is 35.7. The topological polar surface area (TPSA) is 186 Å². The van der Waals surface area contributed by atoms with Gasteiger partial charge in [0.05, 0.1) is 25.9 Å². The molecule has 0 bridgehead atoms. The first kappa shape index (κ1) is 37.9. The number of amides is 1. The van der Waals surface area contributed by atoms with E-state index in [1.54, 1.807) is 7.11 Å². The van der Waals surface area contributed by atoms with Gasteiger partial charge in [-0.3, -0.25) is 19.9 Å². The van der Waals surface area contributed by atoms with Gasteiger partial charge in [0.25, 0.3) is 5.91 Å². The van der Waals surface area contributed by atoms with Gasteiger partial charge < -0.3 is 40.0 Å². The lowest BCUT2D eigenvalue weighted by Crippen LogP contribution is -2.82. The van der Waals surface area contributed by atoms with Crippen LogP contribution in [0.3, 0.4) is 0 Å². The zero-order valence-electron chi connectivity index (χ0n) is 32.6. The molecule has 8 N–H and O–H groups in total. The number of anilines is 1. The molecule has 1 aromatic heterocycles. The number of aromatic nitrogens is 1. The molecular weight excluding hydrogens is 700 g/mol. The van der Waals surface area contributed by atoms with Crippen molar-refractivity contribution in [1.29, 1.82) is 0 Å². The highest BCUT2D eigenvalue weighted by Gasteiger charge is 2.78. The number of aliphatic hydroxyl groups is 3. The minimum absolute atomic E-state index is 0.290. The molecule has 5 heterocycles. The number of nitrogens with one attached hydrogen (secondary N) is 3. The molecule has 0 unspecified atom stereocenters. The molecule has 1 amide bonds. The van der Waals surface area contributed by atoms with Gasteiger partial charge in [0.1, 0.15) is 17.3 Å². The molecule has 0 radical (unpaired) electrons. The summed E-state index contributed by atoms with van der Waals surface area (Å²) in [5, 5.41) is 41.4. The first-order chi connectivity index (χ1) is 26.4. The number of para-hydroxylation sites is 1. The first-order valence-electron chi connectivity index (χ1n) is 19.8. The summed E-state index contributed by atoms with van der Waals surface area (Å²) in [6.45, 7) is 6.32. The molecule has 5 aliphatic rings. The van der Waals surface area contributed by atoms with Gasteiger partial charge in [0.15, 0.2) is 5.60 Å². The predicted molar refractivity (Wildman–Crippen MR) is 209 cm³/mol. The molecule has 4 aliphatic heterocycles. The molecule has 2 fully saturated rings. The van der Waals surface area contributed by atoms with E-state index in [1.165, 1.54) is 7.11 Å². The number of aromatic amines is 1. The lowest BCUT2D eigenvalue weighted by Gasteiger charge is -2.63. The number of hydrogen-bond acceptors (Lipinski definition) is 11. The maximum Gasteiger partial charge on any atom is 0.322 e. The second kappa shape index (κ2) is 13.3. The van der Waals surface area contributed by atoms with Gasteiger partial charge in [-0.2, -0.15) is 0 Å². The van der Waals surface area contributed by atoms with Crippen molar-refractivity contribution < 1.29 is 34.4 Å². The SMILES string of the molecule is CC[C@]1(O)CCC[C@](C(=O)OC)(c2cc3c(cc2OC)N(C)[C@H]2[C@@](O)(C(=O)NN)[C@H](O)[C@]4(CC)C=CCN5CC[C@]32[C@@H]54)c2[nH]c3ccccc3c2CCNC1. The summed E-state index contributed by atoms with van der Waals surface area (Å²) in [6, 6.07) is 10.8. The monoisotopic (exact) mass is 756 g/mol. The number of H-pyrrole nitrogens is 1. The van der Waals surface area contributed by atoms with E-state index >= 15 is 4.79 Å². The van der Waals surface area contributed by atoms with Gasteiger partial charge in [0, 0.05) is 70.9 Å². The van der Waals surface area contributed by atoms with Crippen LogP contribution in [0.2, 0.25) is 0 Å². The number of carbonyl (C=O) groups excluding carboxylic acids is 2. The van der Waals surface area contributed by atoms with E-state index in [0.717, 1.165) is 33.4 Å². The number of hydrogen-bond donors (Lipinski definition) is 7. The van der Waals surface area contributed by atoms with Gasteiger partial charge in [-0.15, -0.1) is 0 Å². The molecule has 13 nitrogen and oxygen atoms in total. The fraction of sp³-hybridized carbons (Fsp3) is 0.571. The zero-order valence-corrected chi connectivity index (χ0v) is 32.6. The molecule has 8 atom stereocenters. The van der Waals surface area contributed by atoms with Crippen LogP contribution in [0.1, 0.15) is 74.8 Å². The van der Waals surface area contributed by atoms with Gasteiger partial charge in [0.2, 0.25) is 0 Å². The number of likely N-dealkylation sites (N-methyl/N-ethyl adjacent to an activating group) is 1. The highest BCUT2D eigenvalue weighted by molar-refractivity contribution is 5.95. The van der Waals surface area contributed by atoms with E-state index in [1.807, 2.05) is 62.2 Å². The lowest BCUT2D eigenvalue weighted by atomic mass is 9.47. The fourth-order valence-corrected chi connectivity index (χ4v) is 12.0. The summed E-state index contributed by atoms with van der Waals surface area (Å²) >= 11 is 0. The van der Waals surface area contributed by atoms with E-state index in [-0.39, 0.29) is 6.04 Å². The summed E-state index contributed by atoms with van der Waals surface area (Å²) in [6.07, 6.45) is 5.98. The van der Waals surface area contributed by atoms with Crippen molar-refractivity contribution in [3.8, 4) is 5.75 Å². The molecular formula is C42H56N6O7. The summed E-state index contributed by atoms with van der Waals surface area (Å²) in [4.78, 5) is 37.0. The van der Waals surface area contributed by atoms with Crippen LogP contribution in [-0.2, 0) is 31.6 Å². The largest absolute Gasteiger partial charge is 0.496 e. The Labute approximate surface area is 322 Å². The number of hydrazine groups is 1. The van der Waals surface area contributed by atoms with E-state index in [9.17, 15) is 20.1 Å². The van der Waals surface area contributed by atoms with Crippen LogP contribution in [0.5, 0.6) is 5.75 Å². The van der Waals surface area contributed by atoms with Crippen molar-refractivity contribution >= 4 is 28.5 Å². The zero-order chi connectivity index (χ0) is 39.1. The highest BCUT2D eigenvalue weighted by atomic mass is 16.5. The van der Waals surface area contributed by atoms with Crippen molar-refractivity contribution in [3.05, 3.63) is 70.9 Å². The number of aliphatic hydroxyl groups excluding tert-OH is 1. The number of nitrogens with zero attached hydrogens (tertiary/aromatic N) is 2. The van der Waals surface area contributed by atoms with Gasteiger partial charge in [-0.1, -0.05) is 44.2 Å². The van der Waals surface area contributed by atoms with Crippen molar-refractivity contribution in [2.24, 2.45) is 11.3 Å². The van der Waals surface area contributed by atoms with Crippen LogP contribution in [0.4, 0.5) is 5.69 Å². The van der Waals surface area contributed by atoms with E-state index < -0.39 is 51.5 Å². The number of rotatable bonds is 6. The Morgan fingerprint density at radius 1 is 1.05 bits per heavy atom. The standard InChI is InChI=1S/C42H56N6O7/c1-6-38(52)15-10-17-40(37(51)55-5,32-26(14-19-44-24-38)25-12-8-9-13-29(25)45-32)28-22-27-30(23-31(28)54-4)47(3)34-41(27)18-21-48-20-11-16-39(7-2,33(41)48)35(49)42(34,53)36(50)46-43/h8-9,11-13,16,22-23,33-35,44-45,49,52-53H,6-7,10,14-15,17-21,24,43H2,1-5H3,(H,46,50)/t33-,34+,35+,38-,39+,40-,41+,42-/m0/s1. The first-order valence-corrected chi connectivity index (χ1v) is 19.8. The molecule has 296 valence electrons. The Hall–Kier alpha value is -3.98. The number of methoxy groups -OCH3 is 2. The van der Waals surface area contributed by atoms with Crippen molar-refractivity contribution in [1.82, 2.24) is 20.6 Å². The Bertz CT molecular complexity index is 2050. The molecule has 1 saturated carbocycles. The Morgan fingerprint density at radius 3 is 2.55 bits per heavy atom. The van der Waals surface area contributed by atoms with Crippen LogP contribution in [0.25, 0.3) is 10.9 Å². The number of carbonyl (C=O) groups is 2. The van der Waals surface area contributed by atoms with E-state index in [4.69, 9.17) is 15.3 Å². The third kappa shape index (κ3) is 4.86. The number of ether oxygens (including phenoxy) is 2. The Kier molecular flexibility index (Phi) is 9.18. The van der Waals surface area contributed by atoms with Crippen LogP contribution < -0.4 is 26.2 Å². The number of esters is 1. The summed E-state index contributed by atoms with van der Waals surface area (Å²) in [7, 11) is 4.84. The Balaban J connectivity index is 1.45. The number of benzene rings is 2. The maximum atomic E-state index is 15.0. The van der Waals surface area contributed by atoms with Crippen LogP contribution in [-0.4, -0.2) is 114 Å². The summed E-state index contributed by atoms with van der Waals surface area (Å²) < 4.78 is 12.1. The molecule has 8 rings (SSSR count). The van der Waals surface area contributed by atoms with Crippen molar-refractivity contribution in [2.75, 3.05) is 52.3 Å². The summed E-state index contributed by atoms with van der Waals surface area (Å²) in [5.74, 6) is 4.95. The quantitative estimate of drug-likeness (QED) is 0.0644. The Morgan fingerprint density at radius 2 is 1.84 bits per heavy atom. The third-order valence-corrected chi connectivity index (χ3v) is 14.6. The number of β-amino-alcohol motifs (C(OH)–C–C–N with tert-alkyl or cyclic N) is 1. The minimum Gasteiger partial charge on any atom is -0.496 e. The molecule has 55 heavy (non-hydrogen) atoms. The second-order valence-corrected chi connectivity index (χ2v) is 16.6. The number of fused-ring (bicyclic) bond motifs is 4. The predicted octanol–water partition coefficient (Wildman–Crippen LogP) is 2.28. The average Bonchev–Trinajstić information content (AvgIpc) is 3.85. The van der Waals surface area contributed by atoms with Crippen molar-refractivity contribution in [3.63, 3.8) is 0 Å². The molecule has 2 aromatic carbocycles. The van der Waals surface area contributed by atoms with Crippen molar-refractivity contribution in [2.45, 2.75) is 99.0 Å². The number of nitrogens with two attached hydrogens (primary N) is 1. The average molecular weight is 757 g/mol. The minimum atomic E-state index is -2.31. The van der Waals surface area contributed by atoms with E-state index in [0.29, 0.717) is 82.4 Å². The highest BCUT2D eigenvalue weighted by Crippen LogP contribution is 2.67. The third-order valence-electron chi connectivity index (χ3n) is 14.6. The molecule has 13 heteroatoms. The fourth-order valence-electron chi connectivity index (χ4n) is 12.0. The lowest BCUT2D eigenvalue weighted by molar-refractivity contribution is -0.203. The molecule has 1 aliphatic carbocycles.